The Morgan fingerprint density at radius 2 is 1.94 bits per heavy atom. The number of carbonyl (C=O) groups excluding carboxylic acids is 2. The molecule has 0 aromatic rings. The van der Waals surface area contributed by atoms with Gasteiger partial charge in [0.25, 0.3) is 0 Å². The summed E-state index contributed by atoms with van der Waals surface area (Å²) in [6.45, 7) is 7.95. The summed E-state index contributed by atoms with van der Waals surface area (Å²) in [4.78, 5) is 25.6. The number of amides is 2. The van der Waals surface area contributed by atoms with Crippen LogP contribution in [0.2, 0.25) is 0 Å². The zero-order chi connectivity index (χ0) is 13.5. The zero-order valence-electron chi connectivity index (χ0n) is 11.4. The molecule has 1 heterocycles. The minimum Gasteiger partial charge on any atom is -0.378 e. The number of rotatable bonds is 4. The van der Waals surface area contributed by atoms with E-state index in [2.05, 4.69) is 5.32 Å². The zero-order valence-corrected chi connectivity index (χ0v) is 11.4. The maximum absolute atomic E-state index is 12.2. The van der Waals surface area contributed by atoms with Crippen molar-refractivity contribution < 1.29 is 14.3 Å². The molecule has 0 spiro atoms. The Morgan fingerprint density at radius 1 is 1.33 bits per heavy atom. The van der Waals surface area contributed by atoms with Crippen molar-refractivity contribution in [1.82, 2.24) is 10.2 Å². The van der Waals surface area contributed by atoms with Gasteiger partial charge in [-0.2, -0.15) is 0 Å². The molecule has 1 fully saturated rings. The molecule has 1 aliphatic heterocycles. The quantitative estimate of drug-likeness (QED) is 0.752. The van der Waals surface area contributed by atoms with Crippen LogP contribution in [0.3, 0.4) is 0 Å². The largest absolute Gasteiger partial charge is 0.378 e. The van der Waals surface area contributed by atoms with E-state index in [1.165, 1.54) is 6.08 Å². The smallest absolute Gasteiger partial charge is 0.245 e. The lowest BCUT2D eigenvalue weighted by Crippen LogP contribution is -2.51. The summed E-state index contributed by atoms with van der Waals surface area (Å²) in [5.74, 6) is -0.222. The molecule has 5 heteroatoms. The van der Waals surface area contributed by atoms with Crippen molar-refractivity contribution in [2.24, 2.45) is 0 Å². The molecule has 1 saturated heterocycles. The first-order chi connectivity index (χ1) is 8.54. The number of nitrogens with one attached hydrogen (secondary N) is 1. The van der Waals surface area contributed by atoms with E-state index < -0.39 is 6.04 Å². The van der Waals surface area contributed by atoms with Gasteiger partial charge in [0.1, 0.15) is 6.04 Å². The van der Waals surface area contributed by atoms with Gasteiger partial charge in [0, 0.05) is 19.2 Å². The van der Waals surface area contributed by atoms with E-state index in [0.29, 0.717) is 32.7 Å². The summed E-state index contributed by atoms with van der Waals surface area (Å²) in [5.41, 5.74) is 0.918. The predicted octanol–water partition coefficient (Wildman–Crippen LogP) is 0.706. The van der Waals surface area contributed by atoms with Gasteiger partial charge < -0.3 is 15.0 Å². The second-order valence-corrected chi connectivity index (χ2v) is 4.63. The van der Waals surface area contributed by atoms with E-state index >= 15 is 0 Å². The van der Waals surface area contributed by atoms with Gasteiger partial charge in [0.15, 0.2) is 0 Å². The molecule has 0 radical (unpaired) electrons. The van der Waals surface area contributed by atoms with Crippen molar-refractivity contribution in [1.29, 1.82) is 0 Å². The highest BCUT2D eigenvalue weighted by atomic mass is 16.5. The van der Waals surface area contributed by atoms with Crippen LogP contribution in [0.15, 0.2) is 11.6 Å². The van der Waals surface area contributed by atoms with Gasteiger partial charge in [-0.15, -0.1) is 0 Å². The van der Waals surface area contributed by atoms with Crippen molar-refractivity contribution >= 4 is 11.8 Å². The molecule has 1 unspecified atom stereocenters. The van der Waals surface area contributed by atoms with E-state index in [1.807, 2.05) is 20.8 Å². The van der Waals surface area contributed by atoms with Crippen molar-refractivity contribution in [2.75, 3.05) is 26.3 Å². The van der Waals surface area contributed by atoms with Gasteiger partial charge in [0.2, 0.25) is 11.8 Å². The molecule has 0 aromatic carbocycles. The Balaban J connectivity index is 2.56. The van der Waals surface area contributed by atoms with Crippen LogP contribution in [0.25, 0.3) is 0 Å². The molecule has 0 aliphatic carbocycles. The number of morpholine rings is 1. The van der Waals surface area contributed by atoms with E-state index in [4.69, 9.17) is 4.74 Å². The van der Waals surface area contributed by atoms with Crippen LogP contribution in [-0.4, -0.2) is 49.1 Å². The molecule has 18 heavy (non-hydrogen) atoms. The van der Waals surface area contributed by atoms with E-state index in [9.17, 15) is 9.59 Å². The fourth-order valence-electron chi connectivity index (χ4n) is 1.82. The summed E-state index contributed by atoms with van der Waals surface area (Å²) in [6.07, 6.45) is 2.10. The van der Waals surface area contributed by atoms with Crippen LogP contribution in [0.4, 0.5) is 0 Å². The Kier molecular flexibility index (Phi) is 5.85. The van der Waals surface area contributed by atoms with Crippen molar-refractivity contribution in [2.45, 2.75) is 33.2 Å². The van der Waals surface area contributed by atoms with Crippen LogP contribution < -0.4 is 5.32 Å². The van der Waals surface area contributed by atoms with Crippen molar-refractivity contribution in [3.63, 3.8) is 0 Å². The highest BCUT2D eigenvalue weighted by molar-refractivity contribution is 5.93. The Labute approximate surface area is 108 Å². The molecule has 102 valence electrons. The maximum atomic E-state index is 12.2. The van der Waals surface area contributed by atoms with Crippen LogP contribution >= 0.6 is 0 Å². The fraction of sp³-hybridized carbons (Fsp3) is 0.692. The average molecular weight is 254 g/mol. The number of nitrogens with zero attached hydrogens (tertiary/aromatic N) is 1. The van der Waals surface area contributed by atoms with Gasteiger partial charge in [-0.05, 0) is 20.3 Å². The van der Waals surface area contributed by atoms with Crippen LogP contribution in [0.5, 0.6) is 0 Å². The fourth-order valence-corrected chi connectivity index (χ4v) is 1.82. The summed E-state index contributed by atoms with van der Waals surface area (Å²) in [6, 6.07) is -0.439. The lowest BCUT2D eigenvalue weighted by atomic mass is 10.1. The molecule has 0 bridgehead atoms. The average Bonchev–Trinajstić information content (AvgIpc) is 2.35. The first-order valence-corrected chi connectivity index (χ1v) is 6.36. The molecule has 5 nitrogen and oxygen atoms in total. The van der Waals surface area contributed by atoms with Crippen LogP contribution in [-0.2, 0) is 14.3 Å². The second-order valence-electron chi connectivity index (χ2n) is 4.63. The minimum absolute atomic E-state index is 0.0173. The lowest BCUT2D eigenvalue weighted by Gasteiger charge is -2.30. The monoisotopic (exact) mass is 254 g/mol. The molecular formula is C13H22N2O3. The first-order valence-electron chi connectivity index (χ1n) is 6.36. The van der Waals surface area contributed by atoms with Crippen molar-refractivity contribution in [3.8, 4) is 0 Å². The maximum Gasteiger partial charge on any atom is 0.245 e. The molecule has 1 atom stereocenters. The topological polar surface area (TPSA) is 58.6 Å². The SMILES string of the molecule is CCC(NC(=O)C=C(C)C)C(=O)N1CCOCC1. The number of ether oxygens (including phenoxy) is 1. The molecule has 0 saturated carbocycles. The van der Waals surface area contributed by atoms with Crippen LogP contribution in [0.1, 0.15) is 27.2 Å². The standard InChI is InChI=1S/C13H22N2O3/c1-4-11(14-12(16)9-10(2)3)13(17)15-5-7-18-8-6-15/h9,11H,4-8H2,1-3H3,(H,14,16). The van der Waals surface area contributed by atoms with Gasteiger partial charge in [-0.3, -0.25) is 9.59 Å². The third-order valence-electron chi connectivity index (χ3n) is 2.77. The highest BCUT2D eigenvalue weighted by Crippen LogP contribution is 2.04. The number of hydrogen-bond donors (Lipinski definition) is 1. The Morgan fingerprint density at radius 3 is 2.44 bits per heavy atom. The summed E-state index contributed by atoms with van der Waals surface area (Å²) >= 11 is 0. The molecule has 1 aliphatic rings. The van der Waals surface area contributed by atoms with E-state index in [-0.39, 0.29) is 11.8 Å². The number of hydrogen-bond acceptors (Lipinski definition) is 3. The molecule has 1 rings (SSSR count). The Hall–Kier alpha value is -1.36. The molecule has 0 aromatic heterocycles. The minimum atomic E-state index is -0.439. The second kappa shape index (κ2) is 7.16. The van der Waals surface area contributed by atoms with Gasteiger partial charge in [-0.25, -0.2) is 0 Å². The molecule has 1 N–H and O–H groups in total. The predicted molar refractivity (Wildman–Crippen MR) is 69.1 cm³/mol. The number of carbonyl (C=O) groups is 2. The third kappa shape index (κ3) is 4.49. The number of allylic oxidation sites excluding steroid dienone is 1. The summed E-state index contributed by atoms with van der Waals surface area (Å²) in [5, 5.41) is 2.75. The normalized spacial score (nSPS) is 16.9. The lowest BCUT2D eigenvalue weighted by molar-refractivity contribution is -0.139. The third-order valence-corrected chi connectivity index (χ3v) is 2.77. The van der Waals surface area contributed by atoms with E-state index in [0.717, 1.165) is 5.57 Å². The van der Waals surface area contributed by atoms with Gasteiger partial charge in [-0.1, -0.05) is 12.5 Å². The van der Waals surface area contributed by atoms with Gasteiger partial charge in [0.05, 0.1) is 13.2 Å². The van der Waals surface area contributed by atoms with E-state index in [1.54, 1.807) is 4.90 Å². The van der Waals surface area contributed by atoms with Gasteiger partial charge >= 0.3 is 0 Å². The molecule has 2 amide bonds. The summed E-state index contributed by atoms with van der Waals surface area (Å²) in [7, 11) is 0. The molecular weight excluding hydrogens is 232 g/mol. The Bertz CT molecular complexity index is 329. The van der Waals surface area contributed by atoms with Crippen LogP contribution in [0, 0.1) is 0 Å². The summed E-state index contributed by atoms with van der Waals surface area (Å²) < 4.78 is 5.21. The highest BCUT2D eigenvalue weighted by Gasteiger charge is 2.25. The first kappa shape index (κ1) is 14.7. The van der Waals surface area contributed by atoms with Crippen molar-refractivity contribution in [3.05, 3.63) is 11.6 Å².